The average molecular weight is 370 g/mol. The topological polar surface area (TPSA) is 62.3 Å². The molecule has 0 unspecified atom stereocenters. The maximum atomic E-state index is 12.6. The van der Waals surface area contributed by atoms with Crippen LogP contribution in [0, 0.1) is 0 Å². The SMILES string of the molecule is CNc1ccncc1S(=O)(=O)N(C)Cc1cccc(Br)c1. The van der Waals surface area contributed by atoms with Gasteiger partial charge in [0.25, 0.3) is 0 Å². The minimum atomic E-state index is -3.60. The average Bonchev–Trinajstić information content (AvgIpc) is 2.47. The summed E-state index contributed by atoms with van der Waals surface area (Å²) in [5, 5.41) is 2.88. The van der Waals surface area contributed by atoms with Gasteiger partial charge in [-0.05, 0) is 23.8 Å². The molecule has 0 radical (unpaired) electrons. The van der Waals surface area contributed by atoms with E-state index in [1.807, 2.05) is 24.3 Å². The fraction of sp³-hybridized carbons (Fsp3) is 0.214. The minimum Gasteiger partial charge on any atom is -0.387 e. The number of anilines is 1. The summed E-state index contributed by atoms with van der Waals surface area (Å²) in [5.41, 5.74) is 1.44. The molecular weight excluding hydrogens is 354 g/mol. The molecule has 2 aromatic rings. The highest BCUT2D eigenvalue weighted by molar-refractivity contribution is 9.10. The van der Waals surface area contributed by atoms with Crippen LogP contribution < -0.4 is 5.32 Å². The van der Waals surface area contributed by atoms with Crippen LogP contribution in [0.4, 0.5) is 5.69 Å². The zero-order valence-electron chi connectivity index (χ0n) is 11.7. The van der Waals surface area contributed by atoms with Crippen LogP contribution in [0.15, 0.2) is 52.1 Å². The molecule has 0 amide bonds. The summed E-state index contributed by atoms with van der Waals surface area (Å²) in [7, 11) is -0.358. The van der Waals surface area contributed by atoms with Crippen LogP contribution >= 0.6 is 15.9 Å². The van der Waals surface area contributed by atoms with E-state index in [1.54, 1.807) is 26.4 Å². The molecule has 0 bridgehead atoms. The Morgan fingerprint density at radius 3 is 2.76 bits per heavy atom. The number of hydrogen-bond acceptors (Lipinski definition) is 4. The summed E-state index contributed by atoms with van der Waals surface area (Å²) in [6.45, 7) is 0.291. The summed E-state index contributed by atoms with van der Waals surface area (Å²) < 4.78 is 27.5. The van der Waals surface area contributed by atoms with Gasteiger partial charge in [-0.15, -0.1) is 0 Å². The number of sulfonamides is 1. The summed E-state index contributed by atoms with van der Waals surface area (Å²) >= 11 is 3.38. The number of hydrogen-bond donors (Lipinski definition) is 1. The predicted molar refractivity (Wildman–Crippen MR) is 86.6 cm³/mol. The number of nitrogens with zero attached hydrogens (tertiary/aromatic N) is 2. The van der Waals surface area contributed by atoms with E-state index in [9.17, 15) is 8.42 Å². The first-order valence-corrected chi connectivity index (χ1v) is 8.51. The molecule has 0 aliphatic carbocycles. The van der Waals surface area contributed by atoms with E-state index in [-0.39, 0.29) is 4.90 Å². The Hall–Kier alpha value is -1.44. The number of halogens is 1. The van der Waals surface area contributed by atoms with E-state index in [0.717, 1.165) is 10.0 Å². The van der Waals surface area contributed by atoms with E-state index in [1.165, 1.54) is 10.5 Å². The molecule has 1 aromatic heterocycles. The standard InChI is InChI=1S/C14H16BrN3O2S/c1-16-13-6-7-17-9-14(13)21(19,20)18(2)10-11-4-3-5-12(15)8-11/h3-9H,10H2,1-2H3,(H,16,17). The number of rotatable bonds is 5. The highest BCUT2D eigenvalue weighted by Gasteiger charge is 2.24. The third-order valence-corrected chi connectivity index (χ3v) is 5.36. The Kier molecular flexibility index (Phi) is 4.97. The molecule has 0 fully saturated rings. The first-order chi connectivity index (χ1) is 9.95. The highest BCUT2D eigenvalue weighted by atomic mass is 79.9. The molecule has 0 aliphatic heterocycles. The molecular formula is C14H16BrN3O2S. The van der Waals surface area contributed by atoms with Gasteiger partial charge >= 0.3 is 0 Å². The molecule has 5 nitrogen and oxygen atoms in total. The molecule has 112 valence electrons. The molecule has 0 aliphatic rings. The maximum absolute atomic E-state index is 12.6. The van der Waals surface area contributed by atoms with Gasteiger partial charge in [-0.1, -0.05) is 28.1 Å². The van der Waals surface area contributed by atoms with Crippen molar-refractivity contribution < 1.29 is 8.42 Å². The van der Waals surface area contributed by atoms with E-state index < -0.39 is 10.0 Å². The second kappa shape index (κ2) is 6.55. The molecule has 0 spiro atoms. The van der Waals surface area contributed by atoms with Crippen LogP contribution in [0.5, 0.6) is 0 Å². The van der Waals surface area contributed by atoms with Crippen molar-refractivity contribution in [1.29, 1.82) is 0 Å². The van der Waals surface area contributed by atoms with E-state index in [2.05, 4.69) is 26.2 Å². The molecule has 0 atom stereocenters. The van der Waals surface area contributed by atoms with Gasteiger partial charge in [0.1, 0.15) is 4.90 Å². The Balaban J connectivity index is 2.31. The van der Waals surface area contributed by atoms with Gasteiger partial charge in [-0.2, -0.15) is 4.31 Å². The third kappa shape index (κ3) is 3.61. The summed E-state index contributed by atoms with van der Waals surface area (Å²) in [4.78, 5) is 4.08. The van der Waals surface area contributed by atoms with E-state index >= 15 is 0 Å². The Morgan fingerprint density at radius 2 is 2.10 bits per heavy atom. The van der Waals surface area contributed by atoms with Crippen molar-refractivity contribution in [2.45, 2.75) is 11.4 Å². The van der Waals surface area contributed by atoms with Crippen LogP contribution in [0.1, 0.15) is 5.56 Å². The monoisotopic (exact) mass is 369 g/mol. The number of pyridine rings is 1. The lowest BCUT2D eigenvalue weighted by atomic mass is 10.2. The van der Waals surface area contributed by atoms with Crippen molar-refractivity contribution in [2.75, 3.05) is 19.4 Å². The van der Waals surface area contributed by atoms with Gasteiger partial charge < -0.3 is 5.32 Å². The van der Waals surface area contributed by atoms with E-state index in [4.69, 9.17) is 0 Å². The smallest absolute Gasteiger partial charge is 0.246 e. The lowest BCUT2D eigenvalue weighted by molar-refractivity contribution is 0.466. The molecule has 1 N–H and O–H groups in total. The van der Waals surface area contributed by atoms with Crippen molar-refractivity contribution >= 4 is 31.6 Å². The van der Waals surface area contributed by atoms with Crippen molar-refractivity contribution in [3.8, 4) is 0 Å². The first-order valence-electron chi connectivity index (χ1n) is 6.27. The number of aromatic nitrogens is 1. The van der Waals surface area contributed by atoms with Gasteiger partial charge in [0, 0.05) is 37.5 Å². The molecule has 7 heteroatoms. The normalized spacial score (nSPS) is 11.6. The van der Waals surface area contributed by atoms with Crippen LogP contribution in [-0.2, 0) is 16.6 Å². The zero-order chi connectivity index (χ0) is 15.5. The van der Waals surface area contributed by atoms with Crippen molar-refractivity contribution in [3.05, 3.63) is 52.8 Å². The molecule has 0 saturated carbocycles. The van der Waals surface area contributed by atoms with Crippen molar-refractivity contribution in [3.63, 3.8) is 0 Å². The van der Waals surface area contributed by atoms with E-state index in [0.29, 0.717) is 12.2 Å². The summed E-state index contributed by atoms with van der Waals surface area (Å²) in [6.07, 6.45) is 2.91. The third-order valence-electron chi connectivity index (χ3n) is 3.04. The molecule has 0 saturated heterocycles. The molecule has 2 rings (SSSR count). The fourth-order valence-corrected chi connectivity index (χ4v) is 3.68. The lowest BCUT2D eigenvalue weighted by Gasteiger charge is -2.19. The quantitative estimate of drug-likeness (QED) is 0.879. The second-order valence-electron chi connectivity index (χ2n) is 4.51. The van der Waals surface area contributed by atoms with Gasteiger partial charge in [0.15, 0.2) is 0 Å². The van der Waals surface area contributed by atoms with Gasteiger partial charge in [0.05, 0.1) is 5.69 Å². The van der Waals surface area contributed by atoms with Crippen LogP contribution in [-0.4, -0.2) is 31.8 Å². The predicted octanol–water partition coefficient (Wildman–Crippen LogP) is 2.71. The van der Waals surface area contributed by atoms with Crippen LogP contribution in [0.2, 0.25) is 0 Å². The molecule has 1 heterocycles. The number of benzene rings is 1. The fourth-order valence-electron chi connectivity index (χ4n) is 1.94. The lowest BCUT2D eigenvalue weighted by Crippen LogP contribution is -2.27. The van der Waals surface area contributed by atoms with Gasteiger partial charge in [-0.25, -0.2) is 8.42 Å². The molecule has 1 aromatic carbocycles. The van der Waals surface area contributed by atoms with Crippen molar-refractivity contribution in [2.24, 2.45) is 0 Å². The largest absolute Gasteiger partial charge is 0.387 e. The maximum Gasteiger partial charge on any atom is 0.246 e. The Morgan fingerprint density at radius 1 is 1.33 bits per heavy atom. The Bertz CT molecular complexity index is 735. The second-order valence-corrected chi connectivity index (χ2v) is 7.44. The highest BCUT2D eigenvalue weighted by Crippen LogP contribution is 2.23. The summed E-state index contributed by atoms with van der Waals surface area (Å²) in [5.74, 6) is 0. The minimum absolute atomic E-state index is 0.171. The zero-order valence-corrected chi connectivity index (χ0v) is 14.1. The van der Waals surface area contributed by atoms with Crippen LogP contribution in [0.25, 0.3) is 0 Å². The van der Waals surface area contributed by atoms with Crippen LogP contribution in [0.3, 0.4) is 0 Å². The molecule has 21 heavy (non-hydrogen) atoms. The van der Waals surface area contributed by atoms with Crippen molar-refractivity contribution in [1.82, 2.24) is 9.29 Å². The number of nitrogens with one attached hydrogen (secondary N) is 1. The first kappa shape index (κ1) is 15.9. The summed E-state index contributed by atoms with van der Waals surface area (Å²) in [6, 6.07) is 9.20. The Labute approximate surface area is 133 Å². The van der Waals surface area contributed by atoms with Gasteiger partial charge in [0.2, 0.25) is 10.0 Å². The van der Waals surface area contributed by atoms with Gasteiger partial charge in [-0.3, -0.25) is 4.98 Å².